The first-order chi connectivity index (χ1) is 8.36. The van der Waals surface area contributed by atoms with Crippen LogP contribution in [-0.4, -0.2) is 60.6 Å². The van der Waals surface area contributed by atoms with E-state index in [2.05, 4.69) is 4.52 Å². The van der Waals surface area contributed by atoms with Crippen molar-refractivity contribution < 1.29 is 33.0 Å². The molecule has 2 rings (SSSR count). The number of methoxy groups -OCH3 is 1. The average Bonchev–Trinajstić information content (AvgIpc) is 2.68. The van der Waals surface area contributed by atoms with E-state index in [0.717, 1.165) is 0 Å². The molecule has 0 aromatic carbocycles. The Morgan fingerprint density at radius 1 is 1.28 bits per heavy atom. The van der Waals surface area contributed by atoms with E-state index in [1.54, 1.807) is 7.11 Å². The summed E-state index contributed by atoms with van der Waals surface area (Å²) in [7, 11) is -1.39. The summed E-state index contributed by atoms with van der Waals surface area (Å²) < 4.78 is 26.7. The van der Waals surface area contributed by atoms with Crippen molar-refractivity contribution in [2.45, 2.75) is 43.9 Å². The summed E-state index contributed by atoms with van der Waals surface area (Å²) in [5.74, 6) is 0. The maximum absolute atomic E-state index is 9.60. The van der Waals surface area contributed by atoms with E-state index in [1.165, 1.54) is 7.11 Å². The molecule has 0 aromatic rings. The van der Waals surface area contributed by atoms with Gasteiger partial charge in [0.05, 0.1) is 0 Å². The van der Waals surface area contributed by atoms with Gasteiger partial charge in [0.1, 0.15) is 0 Å². The van der Waals surface area contributed by atoms with Gasteiger partial charge in [-0.2, -0.15) is 0 Å². The fraction of sp³-hybridized carbons (Fsp3) is 1.00. The SMILES string of the molecule is COCC12OC(C)C(OC1C)C2O[PH](O)(O)OC. The maximum atomic E-state index is 9.60. The molecule has 7 nitrogen and oxygen atoms in total. The van der Waals surface area contributed by atoms with Crippen LogP contribution in [0.15, 0.2) is 0 Å². The van der Waals surface area contributed by atoms with Crippen LogP contribution < -0.4 is 0 Å². The second-order valence-corrected chi connectivity index (χ2v) is 6.49. The number of rotatable bonds is 5. The van der Waals surface area contributed by atoms with E-state index >= 15 is 0 Å². The Morgan fingerprint density at radius 2 is 1.94 bits per heavy atom. The Kier molecular flexibility index (Phi) is 3.98. The van der Waals surface area contributed by atoms with Crippen LogP contribution in [-0.2, 0) is 23.3 Å². The molecule has 2 aliphatic heterocycles. The van der Waals surface area contributed by atoms with Crippen LogP contribution in [0.5, 0.6) is 0 Å². The fourth-order valence-corrected chi connectivity index (χ4v) is 3.46. The number of fused-ring (bicyclic) bond motifs is 2. The zero-order valence-corrected chi connectivity index (χ0v) is 12.0. The van der Waals surface area contributed by atoms with Gasteiger partial charge in [-0.1, -0.05) is 0 Å². The molecule has 2 N–H and O–H groups in total. The van der Waals surface area contributed by atoms with Gasteiger partial charge in [0.2, 0.25) is 0 Å². The van der Waals surface area contributed by atoms with E-state index in [1.807, 2.05) is 13.8 Å². The van der Waals surface area contributed by atoms with Crippen LogP contribution in [0.1, 0.15) is 13.8 Å². The molecule has 2 heterocycles. The van der Waals surface area contributed by atoms with Crippen molar-refractivity contribution in [3.8, 4) is 0 Å². The molecule has 0 aliphatic carbocycles. The molecular formula is C10H21O7P. The molecule has 18 heavy (non-hydrogen) atoms. The number of ether oxygens (including phenoxy) is 3. The van der Waals surface area contributed by atoms with Crippen LogP contribution in [0.4, 0.5) is 0 Å². The van der Waals surface area contributed by atoms with Gasteiger partial charge in [-0.05, 0) is 0 Å². The third kappa shape index (κ3) is 2.19. The quantitative estimate of drug-likeness (QED) is 0.687. The average molecular weight is 284 g/mol. The Hall–Kier alpha value is 0.150. The molecule has 2 saturated heterocycles. The number of hydrogen-bond donors (Lipinski definition) is 2. The van der Waals surface area contributed by atoms with Crippen LogP contribution in [0, 0.1) is 0 Å². The summed E-state index contributed by atoms with van der Waals surface area (Å²) in [6.07, 6.45) is -1.39. The summed E-state index contributed by atoms with van der Waals surface area (Å²) in [4.78, 5) is 19.2. The van der Waals surface area contributed by atoms with Crippen LogP contribution in [0.2, 0.25) is 0 Å². The Labute approximate surface area is 107 Å². The first-order valence-electron chi connectivity index (χ1n) is 5.86. The molecule has 108 valence electrons. The van der Waals surface area contributed by atoms with Crippen LogP contribution in [0.25, 0.3) is 0 Å². The summed E-state index contributed by atoms with van der Waals surface area (Å²) >= 11 is 0. The first kappa shape index (κ1) is 14.6. The monoisotopic (exact) mass is 284 g/mol. The molecular weight excluding hydrogens is 263 g/mol. The Balaban J connectivity index is 2.22. The molecule has 0 aromatic heterocycles. The van der Waals surface area contributed by atoms with Gasteiger partial charge in [0.25, 0.3) is 0 Å². The Bertz CT molecular complexity index is 313. The zero-order chi connectivity index (χ0) is 13.6. The second-order valence-electron chi connectivity index (χ2n) is 4.74. The molecule has 2 bridgehead atoms. The van der Waals surface area contributed by atoms with Crippen molar-refractivity contribution >= 4 is 8.17 Å². The summed E-state index contributed by atoms with van der Waals surface area (Å²) in [5, 5.41) is 0. The van der Waals surface area contributed by atoms with E-state index in [4.69, 9.17) is 18.7 Å². The zero-order valence-electron chi connectivity index (χ0n) is 11.0. The molecule has 2 fully saturated rings. The molecule has 5 atom stereocenters. The molecule has 8 heteroatoms. The van der Waals surface area contributed by atoms with Gasteiger partial charge in [0, 0.05) is 0 Å². The topological polar surface area (TPSA) is 86.6 Å². The van der Waals surface area contributed by atoms with Crippen molar-refractivity contribution in [3.05, 3.63) is 0 Å². The van der Waals surface area contributed by atoms with Gasteiger partial charge >= 0.3 is 106 Å². The van der Waals surface area contributed by atoms with Gasteiger partial charge < -0.3 is 0 Å². The third-order valence-corrected chi connectivity index (χ3v) is 4.71. The van der Waals surface area contributed by atoms with Crippen molar-refractivity contribution in [2.75, 3.05) is 20.8 Å². The molecule has 0 spiro atoms. The van der Waals surface area contributed by atoms with Gasteiger partial charge in [-0.25, -0.2) is 0 Å². The van der Waals surface area contributed by atoms with E-state index in [0.29, 0.717) is 0 Å². The van der Waals surface area contributed by atoms with Crippen molar-refractivity contribution in [3.63, 3.8) is 0 Å². The summed E-state index contributed by atoms with van der Waals surface area (Å²) in [6.45, 7) is 3.97. The molecule has 0 saturated carbocycles. The van der Waals surface area contributed by atoms with Crippen molar-refractivity contribution in [2.24, 2.45) is 0 Å². The van der Waals surface area contributed by atoms with Crippen molar-refractivity contribution in [1.29, 1.82) is 0 Å². The number of hydrogen-bond acceptors (Lipinski definition) is 7. The van der Waals surface area contributed by atoms with Gasteiger partial charge in [-0.3, -0.25) is 0 Å². The molecule has 2 aliphatic rings. The minimum atomic E-state index is -4.14. The summed E-state index contributed by atoms with van der Waals surface area (Å²) in [6, 6.07) is 0. The second kappa shape index (κ2) is 4.92. The van der Waals surface area contributed by atoms with Crippen LogP contribution in [0.3, 0.4) is 0 Å². The predicted molar refractivity (Wildman–Crippen MR) is 64.1 cm³/mol. The van der Waals surface area contributed by atoms with Gasteiger partial charge in [0.15, 0.2) is 0 Å². The molecule has 0 radical (unpaired) electrons. The van der Waals surface area contributed by atoms with E-state index in [-0.39, 0.29) is 24.9 Å². The van der Waals surface area contributed by atoms with E-state index < -0.39 is 19.9 Å². The molecule has 5 unspecified atom stereocenters. The predicted octanol–water partition coefficient (Wildman–Crippen LogP) is 0.00370. The van der Waals surface area contributed by atoms with E-state index in [9.17, 15) is 9.79 Å². The summed E-state index contributed by atoms with van der Waals surface area (Å²) in [5.41, 5.74) is -0.818. The van der Waals surface area contributed by atoms with Crippen molar-refractivity contribution in [1.82, 2.24) is 0 Å². The Morgan fingerprint density at radius 3 is 2.50 bits per heavy atom. The van der Waals surface area contributed by atoms with Gasteiger partial charge in [-0.15, -0.1) is 0 Å². The standard InChI is InChI=1S/C10H21O7P/c1-6-8-9(17-18(11,12)14-4)10(16-6,5-13-3)7(2)15-8/h6-9,11-12,18H,5H2,1-4H3. The van der Waals surface area contributed by atoms with Crippen LogP contribution >= 0.6 is 8.17 Å². The molecule has 0 amide bonds. The first-order valence-corrected chi connectivity index (χ1v) is 7.57. The minimum absolute atomic E-state index is 0.192. The normalized spacial score (nSPS) is 44.6. The third-order valence-electron chi connectivity index (χ3n) is 3.61. The fourth-order valence-electron chi connectivity index (χ4n) is 2.70.